The monoisotopic (exact) mass is 286 g/mol. The van der Waals surface area contributed by atoms with Crippen molar-refractivity contribution in [3.8, 4) is 11.6 Å². The minimum absolute atomic E-state index is 0.00711. The number of fused-ring (bicyclic) bond motifs is 1. The van der Waals surface area contributed by atoms with E-state index in [9.17, 15) is 10.1 Å². The van der Waals surface area contributed by atoms with Gasteiger partial charge in [-0.1, -0.05) is 6.07 Å². The quantitative estimate of drug-likeness (QED) is 0.555. The molecule has 0 aliphatic carbocycles. The van der Waals surface area contributed by atoms with Crippen molar-refractivity contribution in [3.63, 3.8) is 0 Å². The van der Waals surface area contributed by atoms with E-state index in [1.54, 1.807) is 13.0 Å². The summed E-state index contributed by atoms with van der Waals surface area (Å²) in [6, 6.07) is 4.56. The van der Waals surface area contributed by atoms with Gasteiger partial charge in [0.05, 0.1) is 16.8 Å². The number of rotatable bonds is 3. The number of nitrogen functional groups attached to an aromatic ring is 1. The Morgan fingerprint density at radius 2 is 2.19 bits per heavy atom. The second-order valence-electron chi connectivity index (χ2n) is 4.25. The van der Waals surface area contributed by atoms with E-state index >= 15 is 0 Å². The number of nitrogens with one attached hydrogen (secondary N) is 1. The van der Waals surface area contributed by atoms with Gasteiger partial charge in [-0.2, -0.15) is 9.97 Å². The highest BCUT2D eigenvalue weighted by Crippen LogP contribution is 2.32. The van der Waals surface area contributed by atoms with Crippen LogP contribution in [0.5, 0.6) is 11.6 Å². The molecule has 9 nitrogen and oxygen atoms in total. The number of nitrogens with zero attached hydrogens (tertiary/aromatic N) is 4. The van der Waals surface area contributed by atoms with E-state index in [0.29, 0.717) is 22.5 Å². The van der Waals surface area contributed by atoms with E-state index in [2.05, 4.69) is 19.9 Å². The molecule has 0 atom stereocenters. The zero-order chi connectivity index (χ0) is 15.0. The van der Waals surface area contributed by atoms with E-state index in [0.717, 1.165) is 0 Å². The van der Waals surface area contributed by atoms with Crippen LogP contribution in [0, 0.1) is 17.0 Å². The maximum absolute atomic E-state index is 10.9. The molecule has 0 spiro atoms. The molecule has 3 aromatic rings. The first-order chi connectivity index (χ1) is 10.1. The van der Waals surface area contributed by atoms with E-state index < -0.39 is 4.92 Å². The molecule has 2 aromatic heterocycles. The minimum atomic E-state index is -0.470. The number of H-pyrrole nitrogens is 1. The maximum Gasteiger partial charge on any atom is 0.276 e. The molecule has 0 amide bonds. The Hall–Kier alpha value is -3.23. The molecule has 0 aliphatic heterocycles. The Balaban J connectivity index is 2.09. The summed E-state index contributed by atoms with van der Waals surface area (Å²) in [5, 5.41) is 10.9. The summed E-state index contributed by atoms with van der Waals surface area (Å²) in [4.78, 5) is 25.2. The third kappa shape index (κ3) is 2.20. The van der Waals surface area contributed by atoms with Crippen LogP contribution >= 0.6 is 0 Å². The molecule has 9 heteroatoms. The van der Waals surface area contributed by atoms with Crippen molar-refractivity contribution < 1.29 is 9.66 Å². The van der Waals surface area contributed by atoms with E-state index in [1.807, 2.05) is 0 Å². The lowest BCUT2D eigenvalue weighted by atomic mass is 10.2. The van der Waals surface area contributed by atoms with Gasteiger partial charge in [-0.3, -0.25) is 10.1 Å². The fourth-order valence-electron chi connectivity index (χ4n) is 1.91. The van der Waals surface area contributed by atoms with Gasteiger partial charge in [0.2, 0.25) is 5.95 Å². The molecule has 3 rings (SSSR count). The van der Waals surface area contributed by atoms with E-state index in [4.69, 9.17) is 10.5 Å². The number of nitrogens with two attached hydrogens (primary N) is 1. The van der Waals surface area contributed by atoms with Crippen molar-refractivity contribution in [3.05, 3.63) is 40.2 Å². The third-order valence-electron chi connectivity index (χ3n) is 2.93. The van der Waals surface area contributed by atoms with Crippen LogP contribution in [0.3, 0.4) is 0 Å². The number of benzene rings is 1. The van der Waals surface area contributed by atoms with Crippen molar-refractivity contribution in [2.45, 2.75) is 6.92 Å². The van der Waals surface area contributed by atoms with Gasteiger partial charge >= 0.3 is 0 Å². The summed E-state index contributed by atoms with van der Waals surface area (Å²) in [5.74, 6) is 0.490. The standard InChI is InChI=1S/C12H10N6O3/c1-6-7(18(19)20)3-2-4-8(6)21-11-9-10(15-5-14-9)16-12(13)17-11/h2-5H,1H3,(H3,13,14,15,16,17). The Morgan fingerprint density at radius 3 is 2.95 bits per heavy atom. The van der Waals surface area contributed by atoms with Gasteiger partial charge in [0.15, 0.2) is 5.65 Å². The Labute approximate surface area is 118 Å². The first-order valence-corrected chi connectivity index (χ1v) is 5.94. The van der Waals surface area contributed by atoms with Gasteiger partial charge in [0.1, 0.15) is 11.3 Å². The summed E-state index contributed by atoms with van der Waals surface area (Å²) < 4.78 is 5.65. The van der Waals surface area contributed by atoms with Crippen LogP contribution < -0.4 is 10.5 Å². The molecule has 2 heterocycles. The van der Waals surface area contributed by atoms with Crippen molar-refractivity contribution in [1.82, 2.24) is 19.9 Å². The molecule has 0 saturated heterocycles. The number of hydrogen-bond donors (Lipinski definition) is 2. The van der Waals surface area contributed by atoms with Crippen LogP contribution in [0.4, 0.5) is 11.6 Å². The Kier molecular flexibility index (Phi) is 2.87. The Bertz CT molecular complexity index is 844. The molecule has 1 aromatic carbocycles. The molecular formula is C12H10N6O3. The Morgan fingerprint density at radius 1 is 1.38 bits per heavy atom. The second kappa shape index (κ2) is 4.71. The summed E-state index contributed by atoms with van der Waals surface area (Å²) in [6.45, 7) is 1.60. The van der Waals surface area contributed by atoms with Crippen molar-refractivity contribution in [1.29, 1.82) is 0 Å². The van der Waals surface area contributed by atoms with Crippen molar-refractivity contribution >= 4 is 22.8 Å². The first kappa shape index (κ1) is 12.8. The number of nitro groups is 1. The third-order valence-corrected chi connectivity index (χ3v) is 2.93. The zero-order valence-corrected chi connectivity index (χ0v) is 10.9. The molecule has 0 fully saturated rings. The number of hydrogen-bond acceptors (Lipinski definition) is 7. The molecule has 3 N–H and O–H groups in total. The maximum atomic E-state index is 10.9. The summed E-state index contributed by atoms with van der Waals surface area (Å²) in [6.07, 6.45) is 1.44. The van der Waals surface area contributed by atoms with E-state index in [-0.39, 0.29) is 17.5 Å². The van der Waals surface area contributed by atoms with Crippen LogP contribution in [-0.2, 0) is 0 Å². The molecule has 0 saturated carbocycles. The van der Waals surface area contributed by atoms with Crippen LogP contribution in [-0.4, -0.2) is 24.9 Å². The normalized spacial score (nSPS) is 10.7. The van der Waals surface area contributed by atoms with Gasteiger partial charge in [0, 0.05) is 6.07 Å². The molecule has 21 heavy (non-hydrogen) atoms. The second-order valence-corrected chi connectivity index (χ2v) is 4.25. The molecule has 0 aliphatic rings. The van der Waals surface area contributed by atoms with Gasteiger partial charge in [-0.25, -0.2) is 4.98 Å². The molecule has 106 valence electrons. The largest absolute Gasteiger partial charge is 0.436 e. The highest BCUT2D eigenvalue weighted by atomic mass is 16.6. The fraction of sp³-hybridized carbons (Fsp3) is 0.0833. The van der Waals surface area contributed by atoms with Gasteiger partial charge in [-0.15, -0.1) is 0 Å². The molecule has 0 radical (unpaired) electrons. The molecule has 0 unspecified atom stereocenters. The van der Waals surface area contributed by atoms with Gasteiger partial charge in [-0.05, 0) is 13.0 Å². The highest BCUT2D eigenvalue weighted by Gasteiger charge is 2.17. The van der Waals surface area contributed by atoms with Crippen LogP contribution in [0.15, 0.2) is 24.5 Å². The first-order valence-electron chi connectivity index (χ1n) is 5.94. The topological polar surface area (TPSA) is 133 Å². The number of imidazole rings is 1. The molecular weight excluding hydrogens is 276 g/mol. The predicted molar refractivity (Wildman–Crippen MR) is 74.0 cm³/mol. The van der Waals surface area contributed by atoms with Gasteiger partial charge in [0.25, 0.3) is 11.6 Å². The number of ether oxygens (including phenoxy) is 1. The fourth-order valence-corrected chi connectivity index (χ4v) is 1.91. The highest BCUT2D eigenvalue weighted by molar-refractivity contribution is 5.77. The van der Waals surface area contributed by atoms with Crippen LogP contribution in [0.2, 0.25) is 0 Å². The van der Waals surface area contributed by atoms with Crippen molar-refractivity contribution in [2.75, 3.05) is 5.73 Å². The minimum Gasteiger partial charge on any atom is -0.436 e. The average Bonchev–Trinajstić information content (AvgIpc) is 2.88. The SMILES string of the molecule is Cc1c(Oc2nc(N)nc3nc[nH]c23)cccc1[N+](=O)[O-]. The number of aromatic amines is 1. The number of nitro benzene ring substituents is 1. The summed E-state index contributed by atoms with van der Waals surface area (Å²) in [7, 11) is 0. The lowest BCUT2D eigenvalue weighted by Gasteiger charge is -2.08. The zero-order valence-electron chi connectivity index (χ0n) is 10.9. The smallest absolute Gasteiger partial charge is 0.276 e. The van der Waals surface area contributed by atoms with Crippen molar-refractivity contribution in [2.24, 2.45) is 0 Å². The summed E-state index contributed by atoms with van der Waals surface area (Å²) >= 11 is 0. The van der Waals surface area contributed by atoms with Crippen LogP contribution in [0.1, 0.15) is 5.56 Å². The average molecular weight is 286 g/mol. The van der Waals surface area contributed by atoms with Crippen LogP contribution in [0.25, 0.3) is 11.2 Å². The van der Waals surface area contributed by atoms with E-state index in [1.165, 1.54) is 18.5 Å². The predicted octanol–water partition coefficient (Wildman–Crippen LogP) is 1.94. The summed E-state index contributed by atoms with van der Waals surface area (Å²) in [5.41, 5.74) is 6.78. The lowest BCUT2D eigenvalue weighted by Crippen LogP contribution is -2.00. The lowest BCUT2D eigenvalue weighted by molar-refractivity contribution is -0.385. The molecule has 0 bridgehead atoms. The number of aromatic nitrogens is 4. The van der Waals surface area contributed by atoms with Gasteiger partial charge < -0.3 is 15.5 Å². The number of anilines is 1.